The van der Waals surface area contributed by atoms with E-state index in [0.29, 0.717) is 25.3 Å². The van der Waals surface area contributed by atoms with E-state index in [1.165, 1.54) is 0 Å². The molecule has 19 heavy (non-hydrogen) atoms. The minimum Gasteiger partial charge on any atom is -0.480 e. The molecule has 0 aromatic heterocycles. The zero-order chi connectivity index (χ0) is 14.3. The predicted octanol–water partition coefficient (Wildman–Crippen LogP) is 3.06. The molecule has 1 aliphatic rings. The van der Waals surface area contributed by atoms with Crippen molar-refractivity contribution in [2.45, 2.75) is 71.3 Å². The van der Waals surface area contributed by atoms with Crippen LogP contribution in [0.5, 0.6) is 0 Å². The SMILES string of the molecule is CCCCC(CC)CC(=O)N1CCCC[C@@H]1C(=O)O. The Morgan fingerprint density at radius 2 is 2.05 bits per heavy atom. The molecule has 0 radical (unpaired) electrons. The van der Waals surface area contributed by atoms with Gasteiger partial charge < -0.3 is 10.0 Å². The average Bonchev–Trinajstić information content (AvgIpc) is 2.43. The monoisotopic (exact) mass is 269 g/mol. The third-order valence-corrected chi connectivity index (χ3v) is 4.11. The van der Waals surface area contributed by atoms with Crippen LogP contribution in [0.2, 0.25) is 0 Å². The molecule has 0 spiro atoms. The first kappa shape index (κ1) is 16.0. The second kappa shape index (κ2) is 8.18. The maximum Gasteiger partial charge on any atom is 0.326 e. The van der Waals surface area contributed by atoms with E-state index in [1.807, 2.05) is 0 Å². The zero-order valence-electron chi connectivity index (χ0n) is 12.2. The fourth-order valence-corrected chi connectivity index (χ4v) is 2.79. The molecule has 0 saturated carbocycles. The van der Waals surface area contributed by atoms with E-state index in [9.17, 15) is 14.7 Å². The highest BCUT2D eigenvalue weighted by atomic mass is 16.4. The molecule has 4 heteroatoms. The van der Waals surface area contributed by atoms with Crippen molar-refractivity contribution in [1.29, 1.82) is 0 Å². The summed E-state index contributed by atoms with van der Waals surface area (Å²) in [7, 11) is 0. The average molecular weight is 269 g/mol. The summed E-state index contributed by atoms with van der Waals surface area (Å²) < 4.78 is 0. The lowest BCUT2D eigenvalue weighted by atomic mass is 9.93. The number of rotatable bonds is 7. The third-order valence-electron chi connectivity index (χ3n) is 4.11. The summed E-state index contributed by atoms with van der Waals surface area (Å²) in [6.45, 7) is 4.87. The minimum absolute atomic E-state index is 0.0371. The van der Waals surface area contributed by atoms with Crippen LogP contribution in [0.3, 0.4) is 0 Å². The number of aliphatic carboxylic acids is 1. The van der Waals surface area contributed by atoms with Crippen LogP contribution in [0.25, 0.3) is 0 Å². The molecular weight excluding hydrogens is 242 g/mol. The van der Waals surface area contributed by atoms with Gasteiger partial charge in [0.25, 0.3) is 0 Å². The molecule has 0 aromatic rings. The molecule has 1 N–H and O–H groups in total. The van der Waals surface area contributed by atoms with Crippen molar-refractivity contribution in [2.75, 3.05) is 6.54 Å². The summed E-state index contributed by atoms with van der Waals surface area (Å²) in [4.78, 5) is 25.1. The predicted molar refractivity (Wildman–Crippen MR) is 74.9 cm³/mol. The molecule has 0 aromatic carbocycles. The van der Waals surface area contributed by atoms with E-state index in [-0.39, 0.29) is 5.91 Å². The second-order valence-electron chi connectivity index (χ2n) is 5.56. The van der Waals surface area contributed by atoms with Gasteiger partial charge in [0.1, 0.15) is 6.04 Å². The Morgan fingerprint density at radius 1 is 1.32 bits per heavy atom. The topological polar surface area (TPSA) is 57.6 Å². The van der Waals surface area contributed by atoms with E-state index in [4.69, 9.17) is 0 Å². The van der Waals surface area contributed by atoms with Crippen LogP contribution in [-0.4, -0.2) is 34.5 Å². The first-order chi connectivity index (χ1) is 9.10. The summed E-state index contributed by atoms with van der Waals surface area (Å²) in [6.07, 6.45) is 7.32. The molecule has 1 aliphatic heterocycles. The van der Waals surface area contributed by atoms with Gasteiger partial charge in [-0.05, 0) is 31.6 Å². The number of unbranched alkanes of at least 4 members (excludes halogenated alkanes) is 1. The maximum absolute atomic E-state index is 12.3. The fourth-order valence-electron chi connectivity index (χ4n) is 2.79. The third kappa shape index (κ3) is 4.84. The number of carboxylic acids is 1. The van der Waals surface area contributed by atoms with Crippen LogP contribution < -0.4 is 0 Å². The van der Waals surface area contributed by atoms with Crippen LogP contribution in [0.4, 0.5) is 0 Å². The van der Waals surface area contributed by atoms with Crippen LogP contribution in [-0.2, 0) is 9.59 Å². The Kier molecular flexibility index (Phi) is 6.89. The van der Waals surface area contributed by atoms with Gasteiger partial charge in [0.2, 0.25) is 5.91 Å². The number of piperidine rings is 1. The summed E-state index contributed by atoms with van der Waals surface area (Å²) in [5.41, 5.74) is 0. The number of likely N-dealkylation sites (tertiary alicyclic amines) is 1. The number of carbonyl (C=O) groups excluding carboxylic acids is 1. The van der Waals surface area contributed by atoms with Crippen molar-refractivity contribution in [3.05, 3.63) is 0 Å². The molecule has 1 unspecified atom stereocenters. The lowest BCUT2D eigenvalue weighted by Gasteiger charge is -2.34. The smallest absolute Gasteiger partial charge is 0.326 e. The highest BCUT2D eigenvalue weighted by Gasteiger charge is 2.32. The molecule has 1 heterocycles. The minimum atomic E-state index is -0.852. The number of carbonyl (C=O) groups is 2. The maximum atomic E-state index is 12.3. The molecule has 1 rings (SSSR count). The van der Waals surface area contributed by atoms with Crippen LogP contribution in [0.15, 0.2) is 0 Å². The van der Waals surface area contributed by atoms with Crippen molar-refractivity contribution in [2.24, 2.45) is 5.92 Å². The fraction of sp³-hybridized carbons (Fsp3) is 0.867. The van der Waals surface area contributed by atoms with Gasteiger partial charge in [0.15, 0.2) is 0 Å². The number of amides is 1. The molecule has 4 nitrogen and oxygen atoms in total. The van der Waals surface area contributed by atoms with E-state index in [1.54, 1.807) is 4.90 Å². The summed E-state index contributed by atoms with van der Waals surface area (Å²) in [6, 6.07) is -0.593. The van der Waals surface area contributed by atoms with Gasteiger partial charge in [-0.2, -0.15) is 0 Å². The second-order valence-corrected chi connectivity index (χ2v) is 5.56. The first-order valence-corrected chi connectivity index (χ1v) is 7.62. The molecule has 1 fully saturated rings. The van der Waals surface area contributed by atoms with Gasteiger partial charge in [0, 0.05) is 13.0 Å². The molecule has 1 amide bonds. The van der Waals surface area contributed by atoms with E-state index < -0.39 is 12.0 Å². The van der Waals surface area contributed by atoms with Crippen molar-refractivity contribution in [3.8, 4) is 0 Å². The normalized spacial score (nSPS) is 21.2. The lowest BCUT2D eigenvalue weighted by Crippen LogP contribution is -2.48. The van der Waals surface area contributed by atoms with E-state index in [2.05, 4.69) is 13.8 Å². The van der Waals surface area contributed by atoms with Crippen molar-refractivity contribution >= 4 is 11.9 Å². The standard InChI is InChI=1S/C15H27NO3/c1-3-5-8-12(4-2)11-14(17)16-10-7-6-9-13(16)15(18)19/h12-13H,3-11H2,1-2H3,(H,18,19)/t12?,13-/m1/s1. The number of carboxylic acid groups (broad SMARTS) is 1. The quantitative estimate of drug-likeness (QED) is 0.772. The summed E-state index contributed by atoms with van der Waals surface area (Å²) in [5, 5.41) is 9.20. The molecule has 2 atom stereocenters. The van der Waals surface area contributed by atoms with Gasteiger partial charge in [-0.25, -0.2) is 4.79 Å². The van der Waals surface area contributed by atoms with Gasteiger partial charge in [-0.15, -0.1) is 0 Å². The summed E-state index contributed by atoms with van der Waals surface area (Å²) in [5.74, 6) is -0.409. The van der Waals surface area contributed by atoms with Crippen LogP contribution >= 0.6 is 0 Å². The molecule has 0 bridgehead atoms. The highest BCUT2D eigenvalue weighted by Crippen LogP contribution is 2.22. The largest absolute Gasteiger partial charge is 0.480 e. The highest BCUT2D eigenvalue weighted by molar-refractivity contribution is 5.84. The van der Waals surface area contributed by atoms with E-state index >= 15 is 0 Å². The summed E-state index contributed by atoms with van der Waals surface area (Å²) >= 11 is 0. The number of nitrogens with zero attached hydrogens (tertiary/aromatic N) is 1. The van der Waals surface area contributed by atoms with E-state index in [0.717, 1.165) is 38.5 Å². The Labute approximate surface area is 116 Å². The Hall–Kier alpha value is -1.06. The van der Waals surface area contributed by atoms with Gasteiger partial charge in [-0.1, -0.05) is 33.1 Å². The molecule has 1 saturated heterocycles. The van der Waals surface area contributed by atoms with Crippen molar-refractivity contribution < 1.29 is 14.7 Å². The lowest BCUT2D eigenvalue weighted by molar-refractivity contribution is -0.152. The van der Waals surface area contributed by atoms with Gasteiger partial charge in [0.05, 0.1) is 0 Å². The Morgan fingerprint density at radius 3 is 2.63 bits per heavy atom. The molecule has 0 aliphatic carbocycles. The van der Waals surface area contributed by atoms with Gasteiger partial charge in [-0.3, -0.25) is 4.79 Å². The van der Waals surface area contributed by atoms with Gasteiger partial charge >= 0.3 is 5.97 Å². The van der Waals surface area contributed by atoms with Crippen LogP contribution in [0.1, 0.15) is 65.2 Å². The van der Waals surface area contributed by atoms with Crippen LogP contribution in [0, 0.1) is 5.92 Å². The van der Waals surface area contributed by atoms with Crippen molar-refractivity contribution in [1.82, 2.24) is 4.90 Å². The first-order valence-electron chi connectivity index (χ1n) is 7.62. The number of hydrogen-bond acceptors (Lipinski definition) is 2. The Balaban J connectivity index is 2.56. The number of hydrogen-bond donors (Lipinski definition) is 1. The molecule has 110 valence electrons. The Bertz CT molecular complexity index is 304. The van der Waals surface area contributed by atoms with Crippen molar-refractivity contribution in [3.63, 3.8) is 0 Å². The zero-order valence-corrected chi connectivity index (χ0v) is 12.2. The molecular formula is C15H27NO3.